The van der Waals surface area contributed by atoms with Crippen LogP contribution < -0.4 is 11.5 Å². The lowest BCUT2D eigenvalue weighted by Crippen LogP contribution is -2.44. The number of nitrogens with zero attached hydrogens (tertiary/aromatic N) is 1. The van der Waals surface area contributed by atoms with Gasteiger partial charge < -0.3 is 16.6 Å². The summed E-state index contributed by atoms with van der Waals surface area (Å²) in [5.41, 5.74) is 10.9. The molecule has 0 aromatic heterocycles. The number of aliphatic carboxylic acids is 1. The Morgan fingerprint density at radius 2 is 2.06 bits per heavy atom. The van der Waals surface area contributed by atoms with E-state index >= 15 is 0 Å². The molecular formula is C11H21N3O2. The molecule has 16 heavy (non-hydrogen) atoms. The van der Waals surface area contributed by atoms with Crippen molar-refractivity contribution in [2.24, 2.45) is 16.5 Å². The van der Waals surface area contributed by atoms with Crippen LogP contribution in [-0.2, 0) is 4.79 Å². The Bertz CT molecular complexity index is 302. The smallest absolute Gasteiger partial charge is 0.323 e. The fourth-order valence-electron chi connectivity index (χ4n) is 0.984. The third kappa shape index (κ3) is 6.19. The molecule has 0 spiro atoms. The molecule has 0 unspecified atom stereocenters. The third-order valence-electron chi connectivity index (χ3n) is 2.23. The number of rotatable bonds is 6. The van der Waals surface area contributed by atoms with Gasteiger partial charge in [0.05, 0.1) is 5.84 Å². The molecule has 0 aliphatic heterocycles. The van der Waals surface area contributed by atoms with Gasteiger partial charge in [-0.25, -0.2) is 0 Å². The van der Waals surface area contributed by atoms with Crippen LogP contribution in [0.5, 0.6) is 0 Å². The summed E-state index contributed by atoms with van der Waals surface area (Å²) in [4.78, 5) is 14.8. The van der Waals surface area contributed by atoms with Crippen molar-refractivity contribution in [2.45, 2.75) is 39.2 Å². The monoisotopic (exact) mass is 227 g/mol. The maximum Gasteiger partial charge on any atom is 0.323 e. The van der Waals surface area contributed by atoms with Gasteiger partial charge in [0, 0.05) is 6.54 Å². The first-order chi connectivity index (χ1) is 7.25. The minimum absolute atomic E-state index is 0.319. The first-order valence-electron chi connectivity index (χ1n) is 5.20. The minimum Gasteiger partial charge on any atom is -0.480 e. The second-order valence-corrected chi connectivity index (χ2v) is 4.25. The summed E-state index contributed by atoms with van der Waals surface area (Å²) in [6, 6.07) is 0. The largest absolute Gasteiger partial charge is 0.480 e. The quantitative estimate of drug-likeness (QED) is 0.356. The van der Waals surface area contributed by atoms with E-state index in [9.17, 15) is 4.79 Å². The normalized spacial score (nSPS) is 17.0. The van der Waals surface area contributed by atoms with Gasteiger partial charge in [0.25, 0.3) is 0 Å². The lowest BCUT2D eigenvalue weighted by atomic mass is 9.97. The highest BCUT2D eigenvalue weighted by molar-refractivity contribution is 5.78. The van der Waals surface area contributed by atoms with Crippen LogP contribution in [0.4, 0.5) is 0 Å². The van der Waals surface area contributed by atoms with Gasteiger partial charge in [-0.05, 0) is 33.6 Å². The summed E-state index contributed by atoms with van der Waals surface area (Å²) in [5.74, 6) is -0.436. The molecule has 0 aromatic rings. The van der Waals surface area contributed by atoms with Crippen molar-refractivity contribution < 1.29 is 9.90 Å². The Morgan fingerprint density at radius 1 is 1.50 bits per heavy atom. The lowest BCUT2D eigenvalue weighted by molar-refractivity contribution is -0.142. The van der Waals surface area contributed by atoms with E-state index in [0.717, 1.165) is 12.0 Å². The van der Waals surface area contributed by atoms with E-state index in [-0.39, 0.29) is 0 Å². The Balaban J connectivity index is 4.15. The summed E-state index contributed by atoms with van der Waals surface area (Å²) in [5, 5.41) is 8.81. The molecule has 0 rings (SSSR count). The fourth-order valence-corrected chi connectivity index (χ4v) is 0.984. The number of aliphatic imine (C=N–C) groups is 1. The molecular weight excluding hydrogens is 206 g/mol. The maximum absolute atomic E-state index is 10.7. The van der Waals surface area contributed by atoms with E-state index in [1.165, 1.54) is 6.92 Å². The SMILES string of the molecule is CC(N)=NCC/C(C)=C\C[C@@](C)(N)C(=O)O. The summed E-state index contributed by atoms with van der Waals surface area (Å²) in [6.45, 7) is 5.79. The number of hydrogen-bond donors (Lipinski definition) is 3. The Labute approximate surface area is 96.2 Å². The molecule has 0 aliphatic carbocycles. The number of amidine groups is 1. The van der Waals surface area contributed by atoms with E-state index in [1.807, 2.05) is 13.0 Å². The molecule has 0 bridgehead atoms. The molecule has 5 heteroatoms. The van der Waals surface area contributed by atoms with Crippen molar-refractivity contribution in [3.63, 3.8) is 0 Å². The molecule has 0 aromatic carbocycles. The van der Waals surface area contributed by atoms with Crippen LogP contribution in [-0.4, -0.2) is 29.0 Å². The van der Waals surface area contributed by atoms with Crippen molar-refractivity contribution in [3.05, 3.63) is 11.6 Å². The molecule has 5 nitrogen and oxygen atoms in total. The second-order valence-electron chi connectivity index (χ2n) is 4.25. The van der Waals surface area contributed by atoms with Gasteiger partial charge in [-0.15, -0.1) is 0 Å². The van der Waals surface area contributed by atoms with Gasteiger partial charge in [0.1, 0.15) is 5.54 Å². The summed E-state index contributed by atoms with van der Waals surface area (Å²) < 4.78 is 0. The topological polar surface area (TPSA) is 102 Å². The molecule has 0 aliphatic rings. The average Bonchev–Trinajstić information content (AvgIpc) is 2.14. The molecule has 0 fully saturated rings. The lowest BCUT2D eigenvalue weighted by Gasteiger charge is -2.16. The number of carboxylic acids is 1. The predicted octanol–water partition coefficient (Wildman–Crippen LogP) is 0.892. The van der Waals surface area contributed by atoms with Crippen LogP contribution in [0.3, 0.4) is 0 Å². The Hall–Kier alpha value is -1.36. The Kier molecular flexibility index (Phi) is 5.74. The van der Waals surface area contributed by atoms with E-state index in [4.69, 9.17) is 16.6 Å². The standard InChI is InChI=1S/C11H21N3O2/c1-8(5-7-14-9(2)12)4-6-11(3,13)10(15)16/h4H,5-7,13H2,1-3H3,(H2,12,14)(H,15,16)/b8-4-/t11-/m1/s1. The summed E-state index contributed by atoms with van der Waals surface area (Å²) in [6.07, 6.45) is 2.93. The number of hydrogen-bond acceptors (Lipinski definition) is 3. The summed E-state index contributed by atoms with van der Waals surface area (Å²) in [7, 11) is 0. The van der Waals surface area contributed by atoms with Crippen LogP contribution in [0, 0.1) is 0 Å². The van der Waals surface area contributed by atoms with Gasteiger partial charge in [-0.3, -0.25) is 9.79 Å². The molecule has 0 heterocycles. The second kappa shape index (κ2) is 6.27. The summed E-state index contributed by atoms with van der Waals surface area (Å²) >= 11 is 0. The van der Waals surface area contributed by atoms with E-state index in [2.05, 4.69) is 4.99 Å². The van der Waals surface area contributed by atoms with Gasteiger partial charge in [0.2, 0.25) is 0 Å². The van der Waals surface area contributed by atoms with Crippen molar-refractivity contribution in [1.82, 2.24) is 0 Å². The van der Waals surface area contributed by atoms with Crippen LogP contribution in [0.2, 0.25) is 0 Å². The van der Waals surface area contributed by atoms with E-state index < -0.39 is 11.5 Å². The van der Waals surface area contributed by atoms with Gasteiger partial charge in [0.15, 0.2) is 0 Å². The first kappa shape index (κ1) is 14.6. The molecule has 0 amide bonds. The zero-order valence-corrected chi connectivity index (χ0v) is 10.2. The predicted molar refractivity (Wildman–Crippen MR) is 65.4 cm³/mol. The van der Waals surface area contributed by atoms with Crippen molar-refractivity contribution in [1.29, 1.82) is 0 Å². The van der Waals surface area contributed by atoms with Crippen molar-refractivity contribution >= 4 is 11.8 Å². The van der Waals surface area contributed by atoms with Crippen LogP contribution in [0.1, 0.15) is 33.6 Å². The molecule has 0 saturated heterocycles. The zero-order chi connectivity index (χ0) is 12.8. The highest BCUT2D eigenvalue weighted by atomic mass is 16.4. The maximum atomic E-state index is 10.7. The highest BCUT2D eigenvalue weighted by Crippen LogP contribution is 2.10. The van der Waals surface area contributed by atoms with Crippen LogP contribution in [0.25, 0.3) is 0 Å². The van der Waals surface area contributed by atoms with Gasteiger partial charge in [-0.1, -0.05) is 11.6 Å². The highest BCUT2D eigenvalue weighted by Gasteiger charge is 2.25. The molecule has 92 valence electrons. The van der Waals surface area contributed by atoms with E-state index in [0.29, 0.717) is 18.8 Å². The minimum atomic E-state index is -1.20. The fraction of sp³-hybridized carbons (Fsp3) is 0.636. The number of nitrogens with two attached hydrogens (primary N) is 2. The van der Waals surface area contributed by atoms with Gasteiger partial charge in [-0.2, -0.15) is 0 Å². The van der Waals surface area contributed by atoms with Gasteiger partial charge >= 0.3 is 5.97 Å². The zero-order valence-electron chi connectivity index (χ0n) is 10.2. The first-order valence-corrected chi connectivity index (χ1v) is 5.20. The van der Waals surface area contributed by atoms with Crippen LogP contribution >= 0.6 is 0 Å². The third-order valence-corrected chi connectivity index (χ3v) is 2.23. The molecule has 1 atom stereocenters. The number of carboxylic acid groups (broad SMARTS) is 1. The van der Waals surface area contributed by atoms with Crippen molar-refractivity contribution in [2.75, 3.05) is 6.54 Å². The molecule has 5 N–H and O–H groups in total. The van der Waals surface area contributed by atoms with Crippen LogP contribution in [0.15, 0.2) is 16.6 Å². The molecule has 0 radical (unpaired) electrons. The van der Waals surface area contributed by atoms with Crippen molar-refractivity contribution in [3.8, 4) is 0 Å². The molecule has 0 saturated carbocycles. The average molecular weight is 227 g/mol. The van der Waals surface area contributed by atoms with E-state index in [1.54, 1.807) is 6.92 Å². The number of carbonyl (C=O) groups is 1. The Morgan fingerprint density at radius 3 is 2.50 bits per heavy atom.